The molecule has 0 aromatic heterocycles. The van der Waals surface area contributed by atoms with E-state index < -0.39 is 44.5 Å². The number of carbonyl (C=O) groups is 2. The molecule has 0 aromatic carbocycles. The fraction of sp³-hybridized carbons (Fsp3) is 0.909. The minimum Gasteiger partial charge on any atom is -0.756 e. The number of nitrogens with zero attached hydrogens (tertiary/aromatic N) is 1. The van der Waals surface area contributed by atoms with E-state index in [9.17, 15) is 24.2 Å². The van der Waals surface area contributed by atoms with Crippen LogP contribution in [0.4, 0.5) is 0 Å². The van der Waals surface area contributed by atoms with E-state index in [4.69, 9.17) is 13.8 Å². The maximum absolute atomic E-state index is 13.4. The Balaban J connectivity index is 4.85. The predicted molar refractivity (Wildman–Crippen MR) is 222 cm³/mol. The van der Waals surface area contributed by atoms with Crippen LogP contribution in [0.25, 0.3) is 0 Å². The van der Waals surface area contributed by atoms with Gasteiger partial charge in [0.15, 0.2) is 18.0 Å². The number of allylic oxidation sites excluding steroid dienone is 2. The first-order valence-electron chi connectivity index (χ1n) is 22.3. The summed E-state index contributed by atoms with van der Waals surface area (Å²) in [5.74, 6) is -1.09. The number of esters is 1. The second-order valence-electron chi connectivity index (χ2n) is 16.6. The van der Waals surface area contributed by atoms with Crippen molar-refractivity contribution in [2.75, 3.05) is 34.3 Å². The third-order valence-electron chi connectivity index (χ3n) is 10.0. The van der Waals surface area contributed by atoms with Gasteiger partial charge in [0.2, 0.25) is 0 Å². The van der Waals surface area contributed by atoms with Gasteiger partial charge in [-0.2, -0.15) is 0 Å². The van der Waals surface area contributed by atoms with Crippen LogP contribution in [-0.4, -0.2) is 73.9 Å². The number of unbranched alkanes of at least 4 members (excludes halogenated alkanes) is 23. The Kier molecular flexibility index (Phi) is 34.4. The van der Waals surface area contributed by atoms with Gasteiger partial charge < -0.3 is 28.3 Å². The van der Waals surface area contributed by atoms with Crippen LogP contribution in [0.15, 0.2) is 12.2 Å². The Morgan fingerprint density at radius 3 is 1.44 bits per heavy atom. The fourth-order valence-corrected chi connectivity index (χ4v) is 7.91. The van der Waals surface area contributed by atoms with Crippen molar-refractivity contribution in [2.24, 2.45) is 0 Å². The molecule has 0 bridgehead atoms. The third kappa shape index (κ3) is 33.1. The zero-order valence-electron chi connectivity index (χ0n) is 36.0. The molecule has 54 heavy (non-hydrogen) atoms. The summed E-state index contributed by atoms with van der Waals surface area (Å²) in [5, 5.41) is 10.2. The number of carbonyl (C=O) groups excluding carboxylic acids is 2. The molecule has 0 rings (SSSR count). The lowest BCUT2D eigenvalue weighted by molar-refractivity contribution is -0.873. The van der Waals surface area contributed by atoms with E-state index in [0.717, 1.165) is 57.8 Å². The SMILES string of the molecule is CCCCCCCC/C=C\CCCCCCCC(=O)O[C@@H](CO)C(OP(=O)([O-])OC(CC)C[N+](C)(C)C)C(=O)CCCCCCCCCCCCCCC. The number of ketones is 1. The lowest BCUT2D eigenvalue weighted by Crippen LogP contribution is -2.44. The molecule has 10 heteroatoms. The van der Waals surface area contributed by atoms with Crippen molar-refractivity contribution in [1.82, 2.24) is 0 Å². The Labute approximate surface area is 333 Å². The van der Waals surface area contributed by atoms with E-state index in [1.54, 1.807) is 0 Å². The van der Waals surface area contributed by atoms with Crippen LogP contribution < -0.4 is 4.89 Å². The molecule has 320 valence electrons. The normalized spacial score (nSPS) is 15.0. The quantitative estimate of drug-likeness (QED) is 0.0214. The van der Waals surface area contributed by atoms with Crippen molar-refractivity contribution in [3.63, 3.8) is 0 Å². The number of quaternary nitrogens is 1. The van der Waals surface area contributed by atoms with E-state index in [1.807, 2.05) is 28.1 Å². The molecule has 3 unspecified atom stereocenters. The highest BCUT2D eigenvalue weighted by atomic mass is 31.2. The number of hydrogen-bond donors (Lipinski definition) is 1. The minimum atomic E-state index is -4.99. The van der Waals surface area contributed by atoms with Crippen LogP contribution in [0, 0.1) is 0 Å². The number of phosphoric ester groups is 1. The summed E-state index contributed by atoms with van der Waals surface area (Å²) in [6.45, 7) is 5.99. The lowest BCUT2D eigenvalue weighted by atomic mass is 10.0. The molecule has 1 N–H and O–H groups in total. The van der Waals surface area contributed by atoms with Gasteiger partial charge in [-0.15, -0.1) is 0 Å². The smallest absolute Gasteiger partial charge is 0.306 e. The van der Waals surface area contributed by atoms with Crippen molar-refractivity contribution in [3.05, 3.63) is 12.2 Å². The molecule has 0 fully saturated rings. The molecule has 0 aliphatic carbocycles. The number of ether oxygens (including phenoxy) is 1. The van der Waals surface area contributed by atoms with E-state index in [-0.39, 0.29) is 12.8 Å². The summed E-state index contributed by atoms with van der Waals surface area (Å²) in [5.41, 5.74) is 0. The summed E-state index contributed by atoms with van der Waals surface area (Å²) in [7, 11) is 0.812. The molecular weight excluding hydrogens is 701 g/mol. The van der Waals surface area contributed by atoms with Crippen LogP contribution >= 0.6 is 7.82 Å². The van der Waals surface area contributed by atoms with Gasteiger partial charge in [0.05, 0.1) is 27.7 Å². The molecule has 0 radical (unpaired) electrons. The molecular formula is C44H86NO8P. The van der Waals surface area contributed by atoms with Gasteiger partial charge in [-0.25, -0.2) is 0 Å². The van der Waals surface area contributed by atoms with Gasteiger partial charge in [0.1, 0.15) is 12.6 Å². The first kappa shape index (κ1) is 52.9. The number of phosphoric acid groups is 1. The van der Waals surface area contributed by atoms with Gasteiger partial charge in [0.25, 0.3) is 7.82 Å². The average molecular weight is 788 g/mol. The van der Waals surface area contributed by atoms with Crippen molar-refractivity contribution in [3.8, 4) is 0 Å². The van der Waals surface area contributed by atoms with E-state index in [2.05, 4.69) is 26.0 Å². The van der Waals surface area contributed by atoms with Gasteiger partial charge >= 0.3 is 5.97 Å². The lowest BCUT2D eigenvalue weighted by Gasteiger charge is -2.35. The molecule has 4 atom stereocenters. The molecule has 0 saturated heterocycles. The summed E-state index contributed by atoms with van der Waals surface area (Å²) in [6, 6.07) is 0. The second-order valence-corrected chi connectivity index (χ2v) is 17.9. The van der Waals surface area contributed by atoms with Crippen molar-refractivity contribution >= 4 is 19.6 Å². The highest BCUT2D eigenvalue weighted by Gasteiger charge is 2.36. The summed E-state index contributed by atoms with van der Waals surface area (Å²) < 4.78 is 29.9. The molecule has 0 saturated carbocycles. The zero-order chi connectivity index (χ0) is 40.3. The number of aliphatic hydroxyl groups is 1. The first-order chi connectivity index (χ1) is 25.9. The van der Waals surface area contributed by atoms with Crippen LogP contribution in [-0.2, 0) is 27.9 Å². The summed E-state index contributed by atoms with van der Waals surface area (Å²) in [4.78, 5) is 39.4. The maximum Gasteiger partial charge on any atom is 0.306 e. The summed E-state index contributed by atoms with van der Waals surface area (Å²) in [6.07, 6.45) is 31.4. The molecule has 0 aliphatic heterocycles. The average Bonchev–Trinajstić information content (AvgIpc) is 3.12. The van der Waals surface area contributed by atoms with Crippen LogP contribution in [0.3, 0.4) is 0 Å². The van der Waals surface area contributed by atoms with Crippen molar-refractivity contribution < 1.29 is 42.4 Å². The largest absolute Gasteiger partial charge is 0.756 e. The second kappa shape index (κ2) is 35.1. The topological polar surface area (TPSA) is 122 Å². The first-order valence-corrected chi connectivity index (χ1v) is 23.8. The third-order valence-corrected chi connectivity index (χ3v) is 11.1. The van der Waals surface area contributed by atoms with Crippen LogP contribution in [0.1, 0.15) is 207 Å². The van der Waals surface area contributed by atoms with Gasteiger partial charge in [-0.1, -0.05) is 161 Å². The van der Waals surface area contributed by atoms with Crippen molar-refractivity contribution in [1.29, 1.82) is 0 Å². The number of aliphatic hydroxyl groups excluding tert-OH is 1. The standard InChI is InChI=1S/C44H86NO8P/c1-7-10-12-14-16-18-20-22-23-25-27-29-31-33-35-37-43(48)51-42(39-46)44(53-54(49,50)52-40(9-3)38-45(4,5)6)41(47)36-34-32-30-28-26-24-21-19-17-15-13-11-8-2/h22-23,40,42,44,46H,7-21,24-39H2,1-6H3/b23-22-/t40?,42-,44?/m0/s1. The molecule has 0 heterocycles. The number of hydrogen-bond acceptors (Lipinski definition) is 8. The van der Waals surface area contributed by atoms with Crippen LogP contribution in [0.5, 0.6) is 0 Å². The zero-order valence-corrected chi connectivity index (χ0v) is 36.9. The number of likely N-dealkylation sites (N-methyl/N-ethyl adjacent to an activating group) is 1. The molecule has 9 nitrogen and oxygen atoms in total. The Morgan fingerprint density at radius 1 is 0.630 bits per heavy atom. The monoisotopic (exact) mass is 788 g/mol. The summed E-state index contributed by atoms with van der Waals surface area (Å²) >= 11 is 0. The Morgan fingerprint density at radius 2 is 1.04 bits per heavy atom. The highest BCUT2D eigenvalue weighted by molar-refractivity contribution is 7.46. The van der Waals surface area contributed by atoms with E-state index >= 15 is 0 Å². The molecule has 0 aliphatic rings. The fourth-order valence-electron chi connectivity index (χ4n) is 6.75. The van der Waals surface area contributed by atoms with Crippen LogP contribution in [0.2, 0.25) is 0 Å². The van der Waals surface area contributed by atoms with Gasteiger partial charge in [0, 0.05) is 12.8 Å². The number of rotatable bonds is 40. The number of Topliss-reactive ketones (excluding diaryl/α,β-unsaturated/α-hetero) is 1. The van der Waals surface area contributed by atoms with E-state index in [1.165, 1.54) is 96.3 Å². The maximum atomic E-state index is 13.4. The highest BCUT2D eigenvalue weighted by Crippen LogP contribution is 2.43. The Hall–Kier alpha value is -1.09. The van der Waals surface area contributed by atoms with E-state index in [0.29, 0.717) is 30.3 Å². The molecule has 0 aromatic rings. The Bertz CT molecular complexity index is 969. The molecule has 0 spiro atoms. The minimum absolute atomic E-state index is 0.0702. The van der Waals surface area contributed by atoms with Gasteiger partial charge in [-0.05, 0) is 44.9 Å². The predicted octanol–water partition coefficient (Wildman–Crippen LogP) is 11.3. The molecule has 0 amide bonds. The van der Waals surface area contributed by atoms with Crippen molar-refractivity contribution in [2.45, 2.75) is 225 Å². The van der Waals surface area contributed by atoms with Gasteiger partial charge in [-0.3, -0.25) is 14.2 Å².